The number of ether oxygens (including phenoxy) is 1. The van der Waals surface area contributed by atoms with E-state index in [0.717, 1.165) is 12.0 Å². The molecule has 0 saturated carbocycles. The van der Waals surface area contributed by atoms with Gasteiger partial charge in [0.15, 0.2) is 5.76 Å². The predicted octanol–water partition coefficient (Wildman–Crippen LogP) is 1.98. The third kappa shape index (κ3) is 3.85. The van der Waals surface area contributed by atoms with Crippen molar-refractivity contribution < 1.29 is 9.53 Å². The van der Waals surface area contributed by atoms with Gasteiger partial charge in [0.05, 0.1) is 0 Å². The predicted molar refractivity (Wildman–Crippen MR) is 58.8 cm³/mol. The van der Waals surface area contributed by atoms with Crippen molar-refractivity contribution in [3.63, 3.8) is 0 Å². The lowest BCUT2D eigenvalue weighted by atomic mass is 10.2. The molecule has 0 aliphatic carbocycles. The van der Waals surface area contributed by atoms with E-state index in [1.165, 1.54) is 0 Å². The number of allylic oxidation sites excluding steroid dienone is 1. The van der Waals surface area contributed by atoms with E-state index in [1.54, 1.807) is 6.08 Å². The second-order valence-corrected chi connectivity index (χ2v) is 3.12. The van der Waals surface area contributed by atoms with E-state index in [2.05, 4.69) is 0 Å². The van der Waals surface area contributed by atoms with Crippen LogP contribution in [0.3, 0.4) is 0 Å². The molecule has 0 spiro atoms. The molecule has 0 atom stereocenters. The van der Waals surface area contributed by atoms with Gasteiger partial charge in [-0.25, -0.2) is 0 Å². The van der Waals surface area contributed by atoms with Crippen LogP contribution in [0.25, 0.3) is 0 Å². The summed E-state index contributed by atoms with van der Waals surface area (Å²) in [6.07, 6.45) is 2.42. The van der Waals surface area contributed by atoms with E-state index in [1.807, 2.05) is 37.3 Å². The Morgan fingerprint density at radius 2 is 2.07 bits per heavy atom. The molecule has 1 amide bonds. The zero-order chi connectivity index (χ0) is 11.1. The first kappa shape index (κ1) is 11.3. The second-order valence-electron chi connectivity index (χ2n) is 3.12. The first-order valence-corrected chi connectivity index (χ1v) is 4.90. The van der Waals surface area contributed by atoms with Crippen molar-refractivity contribution >= 4 is 5.91 Å². The third-order valence-electron chi connectivity index (χ3n) is 1.87. The molecule has 0 radical (unpaired) electrons. The van der Waals surface area contributed by atoms with Crippen molar-refractivity contribution in [1.82, 2.24) is 0 Å². The van der Waals surface area contributed by atoms with Gasteiger partial charge in [0.1, 0.15) is 6.61 Å². The average Bonchev–Trinajstić information content (AvgIpc) is 2.25. The summed E-state index contributed by atoms with van der Waals surface area (Å²) in [5.74, 6) is -0.283. The molecule has 15 heavy (non-hydrogen) atoms. The molecule has 0 aliphatic rings. The fourth-order valence-electron chi connectivity index (χ4n) is 1.15. The van der Waals surface area contributed by atoms with Crippen LogP contribution in [0.4, 0.5) is 0 Å². The Kier molecular flexibility index (Phi) is 4.41. The van der Waals surface area contributed by atoms with Gasteiger partial charge in [-0.2, -0.15) is 0 Å². The van der Waals surface area contributed by atoms with Gasteiger partial charge in [0.25, 0.3) is 5.91 Å². The summed E-state index contributed by atoms with van der Waals surface area (Å²) >= 11 is 0. The zero-order valence-electron chi connectivity index (χ0n) is 8.77. The molecule has 3 heteroatoms. The standard InChI is InChI=1S/C12H15NO2/c1-2-6-11(12(13)14)15-9-10-7-4-3-5-8-10/h3-8H,2,9H2,1H3,(H2,13,14)/b11-6+. The maximum absolute atomic E-state index is 10.9. The second kappa shape index (κ2) is 5.86. The molecule has 0 aromatic heterocycles. The topological polar surface area (TPSA) is 52.3 Å². The van der Waals surface area contributed by atoms with Crippen molar-refractivity contribution in [2.24, 2.45) is 5.73 Å². The Labute approximate surface area is 89.5 Å². The van der Waals surface area contributed by atoms with Crippen LogP contribution in [0.5, 0.6) is 0 Å². The molecular weight excluding hydrogens is 190 g/mol. The van der Waals surface area contributed by atoms with Crippen molar-refractivity contribution in [3.05, 3.63) is 47.7 Å². The minimum Gasteiger partial charge on any atom is -0.483 e. The quantitative estimate of drug-likeness (QED) is 0.590. The molecule has 0 fully saturated rings. The van der Waals surface area contributed by atoms with Crippen molar-refractivity contribution in [3.8, 4) is 0 Å². The highest BCUT2D eigenvalue weighted by Gasteiger charge is 2.04. The van der Waals surface area contributed by atoms with Crippen LogP contribution in [0.2, 0.25) is 0 Å². The maximum atomic E-state index is 10.9. The fourth-order valence-corrected chi connectivity index (χ4v) is 1.15. The Balaban J connectivity index is 2.55. The first-order valence-electron chi connectivity index (χ1n) is 4.90. The Bertz CT molecular complexity index is 344. The van der Waals surface area contributed by atoms with Gasteiger partial charge in [0.2, 0.25) is 0 Å². The van der Waals surface area contributed by atoms with Gasteiger partial charge in [-0.05, 0) is 18.1 Å². The molecule has 1 aromatic carbocycles. The van der Waals surface area contributed by atoms with Gasteiger partial charge in [-0.3, -0.25) is 4.79 Å². The lowest BCUT2D eigenvalue weighted by Crippen LogP contribution is -2.16. The molecular formula is C12H15NO2. The van der Waals surface area contributed by atoms with Crippen molar-refractivity contribution in [2.45, 2.75) is 20.0 Å². The van der Waals surface area contributed by atoms with Crippen LogP contribution in [0.1, 0.15) is 18.9 Å². The van der Waals surface area contributed by atoms with Crippen LogP contribution in [-0.2, 0) is 16.1 Å². The molecule has 3 nitrogen and oxygen atoms in total. The first-order chi connectivity index (χ1) is 7.24. The van der Waals surface area contributed by atoms with E-state index >= 15 is 0 Å². The maximum Gasteiger partial charge on any atom is 0.283 e. The highest BCUT2D eigenvalue weighted by Crippen LogP contribution is 2.06. The lowest BCUT2D eigenvalue weighted by Gasteiger charge is -2.06. The van der Waals surface area contributed by atoms with E-state index < -0.39 is 5.91 Å². The minimum atomic E-state index is -0.521. The zero-order valence-corrected chi connectivity index (χ0v) is 8.77. The largest absolute Gasteiger partial charge is 0.483 e. The normalized spacial score (nSPS) is 11.1. The van der Waals surface area contributed by atoms with Gasteiger partial charge in [-0.1, -0.05) is 37.3 Å². The molecule has 80 valence electrons. The molecule has 0 saturated heterocycles. The van der Waals surface area contributed by atoms with Crippen LogP contribution < -0.4 is 5.73 Å². The van der Waals surface area contributed by atoms with Gasteiger partial charge < -0.3 is 10.5 Å². The molecule has 1 rings (SSSR count). The summed E-state index contributed by atoms with van der Waals surface area (Å²) in [6.45, 7) is 2.30. The molecule has 0 heterocycles. The monoisotopic (exact) mass is 205 g/mol. The number of nitrogens with two attached hydrogens (primary N) is 1. The number of carbonyl (C=O) groups is 1. The number of benzene rings is 1. The number of amides is 1. The van der Waals surface area contributed by atoms with Crippen molar-refractivity contribution in [1.29, 1.82) is 0 Å². The molecule has 0 bridgehead atoms. The van der Waals surface area contributed by atoms with E-state index in [0.29, 0.717) is 6.61 Å². The smallest absolute Gasteiger partial charge is 0.283 e. The van der Waals surface area contributed by atoms with E-state index in [4.69, 9.17) is 10.5 Å². The van der Waals surface area contributed by atoms with E-state index in [9.17, 15) is 4.79 Å². The van der Waals surface area contributed by atoms with Gasteiger partial charge in [-0.15, -0.1) is 0 Å². The molecule has 0 unspecified atom stereocenters. The lowest BCUT2D eigenvalue weighted by molar-refractivity contribution is -0.118. The van der Waals surface area contributed by atoms with Gasteiger partial charge in [0, 0.05) is 0 Å². The molecule has 1 aromatic rings. The summed E-state index contributed by atoms with van der Waals surface area (Å²) in [7, 11) is 0. The Morgan fingerprint density at radius 1 is 1.40 bits per heavy atom. The van der Waals surface area contributed by atoms with Gasteiger partial charge >= 0.3 is 0 Å². The number of rotatable bonds is 5. The fraction of sp³-hybridized carbons (Fsp3) is 0.250. The summed E-state index contributed by atoms with van der Waals surface area (Å²) < 4.78 is 5.32. The summed E-state index contributed by atoms with van der Waals surface area (Å²) in [4.78, 5) is 10.9. The van der Waals surface area contributed by atoms with Crippen LogP contribution >= 0.6 is 0 Å². The van der Waals surface area contributed by atoms with Crippen LogP contribution in [-0.4, -0.2) is 5.91 Å². The Morgan fingerprint density at radius 3 is 2.60 bits per heavy atom. The summed E-state index contributed by atoms with van der Waals surface area (Å²) in [5, 5.41) is 0. The third-order valence-corrected chi connectivity index (χ3v) is 1.87. The number of carbonyl (C=O) groups excluding carboxylic acids is 1. The number of hydrogen-bond acceptors (Lipinski definition) is 2. The highest BCUT2D eigenvalue weighted by molar-refractivity contribution is 5.89. The SMILES string of the molecule is CC/C=C(/OCc1ccccc1)C(N)=O. The summed E-state index contributed by atoms with van der Waals surface area (Å²) in [5.41, 5.74) is 6.17. The van der Waals surface area contributed by atoms with Crippen LogP contribution in [0.15, 0.2) is 42.2 Å². The average molecular weight is 205 g/mol. The Hall–Kier alpha value is -1.77. The molecule has 0 aliphatic heterocycles. The van der Waals surface area contributed by atoms with Crippen LogP contribution in [0, 0.1) is 0 Å². The van der Waals surface area contributed by atoms with E-state index in [-0.39, 0.29) is 5.76 Å². The number of primary amides is 1. The molecule has 2 N–H and O–H groups in total. The minimum absolute atomic E-state index is 0.237. The summed E-state index contributed by atoms with van der Waals surface area (Å²) in [6, 6.07) is 9.65. The highest BCUT2D eigenvalue weighted by atomic mass is 16.5. The van der Waals surface area contributed by atoms with Crippen molar-refractivity contribution in [2.75, 3.05) is 0 Å². The number of hydrogen-bond donors (Lipinski definition) is 1.